The number of halogens is 1. The number of nitrogens with zero attached hydrogens (tertiary/aromatic N) is 1. The van der Waals surface area contributed by atoms with Crippen LogP contribution in [0.1, 0.15) is 30.1 Å². The van der Waals surface area contributed by atoms with Crippen LogP contribution >= 0.6 is 15.9 Å². The van der Waals surface area contributed by atoms with Crippen molar-refractivity contribution >= 4 is 21.8 Å². The fourth-order valence-electron chi connectivity index (χ4n) is 2.55. The molecule has 1 fully saturated rings. The van der Waals surface area contributed by atoms with Gasteiger partial charge in [0.25, 0.3) is 5.91 Å². The topological polar surface area (TPSA) is 38.8 Å². The number of amides is 1. The molecule has 2 rings (SSSR count). The van der Waals surface area contributed by atoms with Gasteiger partial charge >= 0.3 is 0 Å². The number of carbonyl (C=O) groups excluding carboxylic acids is 1. The van der Waals surface area contributed by atoms with Crippen LogP contribution in [0.25, 0.3) is 0 Å². The maximum absolute atomic E-state index is 12.6. The zero-order chi connectivity index (χ0) is 14.7. The maximum atomic E-state index is 12.6. The fraction of sp³-hybridized carbons (Fsp3) is 0.533. The molecule has 0 unspecified atom stereocenters. The third kappa shape index (κ3) is 3.08. The van der Waals surface area contributed by atoms with Crippen LogP contribution in [0.5, 0.6) is 11.5 Å². The van der Waals surface area contributed by atoms with Crippen molar-refractivity contribution in [1.82, 2.24) is 4.90 Å². The largest absolute Gasteiger partial charge is 0.495 e. The Bertz CT molecular complexity index is 479. The number of carbonyl (C=O) groups is 1. The van der Waals surface area contributed by atoms with Gasteiger partial charge in [-0.15, -0.1) is 0 Å². The summed E-state index contributed by atoms with van der Waals surface area (Å²) in [7, 11) is 3.16. The molecule has 0 N–H and O–H groups in total. The van der Waals surface area contributed by atoms with E-state index in [1.165, 1.54) is 6.42 Å². The van der Waals surface area contributed by atoms with Gasteiger partial charge in [0.1, 0.15) is 16.0 Å². The number of ether oxygens (including phenoxy) is 2. The molecule has 5 heteroatoms. The van der Waals surface area contributed by atoms with Gasteiger partial charge in [-0.25, -0.2) is 0 Å². The lowest BCUT2D eigenvalue weighted by Crippen LogP contribution is -2.39. The lowest BCUT2D eigenvalue weighted by molar-refractivity contribution is 0.0682. The molecule has 1 aliphatic heterocycles. The van der Waals surface area contributed by atoms with E-state index in [0.717, 1.165) is 24.0 Å². The second kappa shape index (κ2) is 6.48. The predicted octanol–water partition coefficient (Wildman–Crippen LogP) is 3.34. The van der Waals surface area contributed by atoms with E-state index in [9.17, 15) is 4.79 Å². The van der Waals surface area contributed by atoms with Crippen molar-refractivity contribution in [3.63, 3.8) is 0 Å². The van der Waals surface area contributed by atoms with E-state index in [-0.39, 0.29) is 5.91 Å². The Hall–Kier alpha value is -1.23. The quantitative estimate of drug-likeness (QED) is 0.846. The van der Waals surface area contributed by atoms with E-state index < -0.39 is 0 Å². The summed E-state index contributed by atoms with van der Waals surface area (Å²) in [6.45, 7) is 3.82. The molecule has 4 nitrogen and oxygen atoms in total. The summed E-state index contributed by atoms with van der Waals surface area (Å²) >= 11 is 3.42. The van der Waals surface area contributed by atoms with Crippen molar-refractivity contribution in [2.45, 2.75) is 19.8 Å². The van der Waals surface area contributed by atoms with Crippen LogP contribution in [0.3, 0.4) is 0 Å². The van der Waals surface area contributed by atoms with Crippen molar-refractivity contribution in [2.24, 2.45) is 5.92 Å². The molecule has 20 heavy (non-hydrogen) atoms. The zero-order valence-electron chi connectivity index (χ0n) is 12.1. The monoisotopic (exact) mass is 341 g/mol. The number of methoxy groups -OCH3 is 2. The first-order valence-electron chi connectivity index (χ1n) is 6.77. The van der Waals surface area contributed by atoms with E-state index in [0.29, 0.717) is 23.0 Å². The Balaban J connectivity index is 2.29. The lowest BCUT2D eigenvalue weighted by atomic mass is 9.99. The summed E-state index contributed by atoms with van der Waals surface area (Å²) < 4.78 is 11.3. The van der Waals surface area contributed by atoms with Gasteiger partial charge in [0.05, 0.1) is 14.2 Å². The van der Waals surface area contributed by atoms with Gasteiger partial charge in [0, 0.05) is 18.7 Å². The van der Waals surface area contributed by atoms with Crippen LogP contribution in [0, 0.1) is 5.92 Å². The van der Waals surface area contributed by atoms with E-state index in [4.69, 9.17) is 9.47 Å². The molecule has 1 amide bonds. The average molecular weight is 342 g/mol. The third-order valence-electron chi connectivity index (χ3n) is 3.64. The highest BCUT2D eigenvalue weighted by Crippen LogP contribution is 2.36. The van der Waals surface area contributed by atoms with Gasteiger partial charge in [0.15, 0.2) is 0 Å². The Morgan fingerprint density at radius 3 is 2.40 bits per heavy atom. The fourth-order valence-corrected chi connectivity index (χ4v) is 3.10. The normalized spacial score (nSPS) is 18.8. The molecule has 0 aliphatic carbocycles. The number of hydrogen-bond donors (Lipinski definition) is 0. The Labute approximate surface area is 128 Å². The molecule has 1 aliphatic rings. The molecule has 1 saturated heterocycles. The molecule has 0 saturated carbocycles. The summed E-state index contributed by atoms with van der Waals surface area (Å²) in [6.07, 6.45) is 2.26. The summed E-state index contributed by atoms with van der Waals surface area (Å²) in [5.74, 6) is 1.82. The standard InChI is InChI=1S/C15H20BrNO3/c1-10-5-4-6-17(9-10)15(18)11-7-12(19-2)14(16)13(8-11)20-3/h7-8,10H,4-6,9H2,1-3H3/t10-/m0/s1. The van der Waals surface area contributed by atoms with Crippen LogP contribution in [0.2, 0.25) is 0 Å². The smallest absolute Gasteiger partial charge is 0.254 e. The van der Waals surface area contributed by atoms with Gasteiger partial charge in [0.2, 0.25) is 0 Å². The Kier molecular flexibility index (Phi) is 4.91. The summed E-state index contributed by atoms with van der Waals surface area (Å²) in [5.41, 5.74) is 0.607. The van der Waals surface area contributed by atoms with Crippen molar-refractivity contribution in [2.75, 3.05) is 27.3 Å². The third-order valence-corrected chi connectivity index (χ3v) is 4.42. The molecular formula is C15H20BrNO3. The number of rotatable bonds is 3. The molecular weight excluding hydrogens is 322 g/mol. The average Bonchev–Trinajstić information content (AvgIpc) is 2.46. The van der Waals surface area contributed by atoms with Crippen LogP contribution < -0.4 is 9.47 Å². The lowest BCUT2D eigenvalue weighted by Gasteiger charge is -2.31. The van der Waals surface area contributed by atoms with Gasteiger partial charge in [-0.3, -0.25) is 4.79 Å². The predicted molar refractivity (Wildman–Crippen MR) is 81.5 cm³/mol. The van der Waals surface area contributed by atoms with Crippen molar-refractivity contribution in [1.29, 1.82) is 0 Å². The summed E-state index contributed by atoms with van der Waals surface area (Å²) in [6, 6.07) is 3.52. The minimum Gasteiger partial charge on any atom is -0.495 e. The molecule has 0 spiro atoms. The summed E-state index contributed by atoms with van der Waals surface area (Å²) in [5, 5.41) is 0. The minimum absolute atomic E-state index is 0.0423. The number of piperidine rings is 1. The molecule has 110 valence electrons. The highest BCUT2D eigenvalue weighted by molar-refractivity contribution is 9.10. The number of benzene rings is 1. The van der Waals surface area contributed by atoms with E-state index in [1.54, 1.807) is 26.4 Å². The Morgan fingerprint density at radius 2 is 1.90 bits per heavy atom. The number of likely N-dealkylation sites (tertiary alicyclic amines) is 1. The molecule has 1 aromatic rings. The summed E-state index contributed by atoms with van der Waals surface area (Å²) in [4.78, 5) is 14.5. The van der Waals surface area contributed by atoms with Crippen LogP contribution in [0.4, 0.5) is 0 Å². The highest BCUT2D eigenvalue weighted by Gasteiger charge is 2.23. The van der Waals surface area contributed by atoms with Gasteiger partial charge < -0.3 is 14.4 Å². The van der Waals surface area contributed by atoms with E-state index in [2.05, 4.69) is 22.9 Å². The number of hydrogen-bond acceptors (Lipinski definition) is 3. The minimum atomic E-state index is 0.0423. The van der Waals surface area contributed by atoms with Crippen LogP contribution in [0.15, 0.2) is 16.6 Å². The SMILES string of the molecule is COc1cc(C(=O)N2CCC[C@H](C)C2)cc(OC)c1Br. The zero-order valence-corrected chi connectivity index (χ0v) is 13.7. The molecule has 0 bridgehead atoms. The van der Waals surface area contributed by atoms with Crippen molar-refractivity contribution in [3.8, 4) is 11.5 Å². The van der Waals surface area contributed by atoms with Gasteiger partial charge in [-0.05, 0) is 46.8 Å². The van der Waals surface area contributed by atoms with Crippen molar-refractivity contribution in [3.05, 3.63) is 22.2 Å². The maximum Gasteiger partial charge on any atom is 0.254 e. The van der Waals surface area contributed by atoms with Crippen LogP contribution in [-0.2, 0) is 0 Å². The first-order chi connectivity index (χ1) is 9.56. The molecule has 0 radical (unpaired) electrons. The van der Waals surface area contributed by atoms with Crippen LogP contribution in [-0.4, -0.2) is 38.1 Å². The van der Waals surface area contributed by atoms with Gasteiger partial charge in [-0.1, -0.05) is 6.92 Å². The van der Waals surface area contributed by atoms with E-state index in [1.807, 2.05) is 4.90 Å². The van der Waals surface area contributed by atoms with E-state index >= 15 is 0 Å². The molecule has 1 atom stereocenters. The molecule has 1 heterocycles. The second-order valence-electron chi connectivity index (χ2n) is 5.19. The van der Waals surface area contributed by atoms with Crippen molar-refractivity contribution < 1.29 is 14.3 Å². The molecule has 0 aromatic heterocycles. The second-order valence-corrected chi connectivity index (χ2v) is 5.99. The first kappa shape index (κ1) is 15.2. The first-order valence-corrected chi connectivity index (χ1v) is 7.57. The highest BCUT2D eigenvalue weighted by atomic mass is 79.9. The van der Waals surface area contributed by atoms with Gasteiger partial charge in [-0.2, -0.15) is 0 Å². The Morgan fingerprint density at radius 1 is 1.30 bits per heavy atom. The molecule has 1 aromatic carbocycles.